The van der Waals surface area contributed by atoms with Gasteiger partial charge in [-0.05, 0) is 0 Å². The van der Waals surface area contributed by atoms with Gasteiger partial charge >= 0.3 is 17.4 Å². The maximum Gasteiger partial charge on any atom is 3.00 e. The van der Waals surface area contributed by atoms with Gasteiger partial charge < -0.3 is 64.9 Å². The van der Waals surface area contributed by atoms with Crippen LogP contribution in [0.25, 0.3) is 0 Å². The van der Waals surface area contributed by atoms with E-state index in [9.17, 15) is 0 Å². The van der Waals surface area contributed by atoms with E-state index < -0.39 is 15.3 Å². The normalized spacial score (nSPS) is 3.27. The fourth-order valence-electron chi connectivity index (χ4n) is 0. The van der Waals surface area contributed by atoms with Crippen molar-refractivity contribution in [1.82, 2.24) is 0 Å². The van der Waals surface area contributed by atoms with E-state index in [2.05, 4.69) is 0 Å². The van der Waals surface area contributed by atoms with Gasteiger partial charge in [-0.15, -0.1) is 30.3 Å². The van der Waals surface area contributed by atoms with E-state index in [0.29, 0.717) is 0 Å². The Morgan fingerprint density at radius 1 is 0.455 bits per heavy atom. The third-order valence-corrected chi connectivity index (χ3v) is 0. The fraction of sp³-hybridized carbons (Fsp3) is 0. The molecule has 0 heterocycles. The van der Waals surface area contributed by atoms with Gasteiger partial charge in [-0.1, -0.05) is 0 Å². The molecule has 0 amide bonds. The van der Waals surface area contributed by atoms with E-state index in [1.807, 2.05) is 0 Å². The van der Waals surface area contributed by atoms with E-state index in [4.69, 9.17) is 46.0 Å². The predicted octanol–water partition coefficient (Wildman–Crippen LogP) is -8.85. The second kappa shape index (κ2) is 129. The third-order valence-electron chi connectivity index (χ3n) is 0. The zero-order valence-corrected chi connectivity index (χ0v) is 11.4. The van der Waals surface area contributed by atoms with E-state index in [1.165, 1.54) is 0 Å². The molecule has 21 N–H and O–H groups in total. The fourth-order valence-corrected chi connectivity index (χ4v) is 0. The molecule has 0 saturated heterocycles. The summed E-state index contributed by atoms with van der Waals surface area (Å²) >= 11 is 0. The smallest absolute Gasteiger partial charge is 0.412 e. The summed E-state index contributed by atoms with van der Waals surface area (Å²) in [6, 6.07) is 0. The average Bonchev–Trinajstić information content (AvgIpc) is 1.54. The molecule has 0 spiro atoms. The van der Waals surface area contributed by atoms with Crippen LogP contribution in [0.2, 0.25) is 0 Å². The predicted molar refractivity (Wildman–Crippen MR) is 64.6 cm³/mol. The van der Waals surface area contributed by atoms with Crippen molar-refractivity contribution in [2.24, 2.45) is 0 Å². The van der Waals surface area contributed by atoms with Crippen molar-refractivity contribution in [3.05, 3.63) is 30.3 Å². The Labute approximate surface area is 129 Å². The number of nitrogens with zero attached hydrogens (tertiary/aromatic N) is 3. The zero-order valence-electron chi connectivity index (χ0n) is 10.2. The van der Waals surface area contributed by atoms with Crippen molar-refractivity contribution >= 4 is 17.4 Å². The molecule has 0 aromatic carbocycles. The van der Waals surface area contributed by atoms with Gasteiger partial charge in [-0.25, -0.2) is 0 Å². The van der Waals surface area contributed by atoms with Crippen molar-refractivity contribution in [2.45, 2.75) is 0 Å². The Kier molecular flexibility index (Phi) is 893. The van der Waals surface area contributed by atoms with E-state index in [1.54, 1.807) is 0 Å². The van der Waals surface area contributed by atoms with Gasteiger partial charge in [-0.3, -0.25) is 0 Å². The summed E-state index contributed by atoms with van der Waals surface area (Å²) < 4.78 is 0. The van der Waals surface area contributed by atoms with Gasteiger partial charge in [0, 0.05) is 0 Å². The molecular weight excluding hydrogens is 357 g/mol. The van der Waals surface area contributed by atoms with Crippen molar-refractivity contribution in [3.8, 4) is 0 Å². The van der Waals surface area contributed by atoms with Crippen LogP contribution in [-0.2, 0) is 0 Å². The SMILES string of the molecule is O.O.O.O.O.O.O.O.O.O=[N+]([O-])O.O=[N+]([O-])O.O=[N+]([O-])O.[Al+3]. The van der Waals surface area contributed by atoms with Gasteiger partial charge in [0.25, 0.3) is 15.3 Å². The van der Waals surface area contributed by atoms with Gasteiger partial charge in [0.15, 0.2) is 0 Å². The molecule has 0 aromatic heterocycles. The number of hydrogen-bond acceptors (Lipinski definition) is 6. The number of rotatable bonds is 0. The summed E-state index contributed by atoms with van der Waals surface area (Å²) in [5.74, 6) is 0. The van der Waals surface area contributed by atoms with Crippen molar-refractivity contribution in [1.29, 1.82) is 0 Å². The summed E-state index contributed by atoms with van der Waals surface area (Å²) in [5, 5.41) is 40.9. The van der Waals surface area contributed by atoms with Crippen molar-refractivity contribution < 1.29 is 80.2 Å². The van der Waals surface area contributed by atoms with Crippen LogP contribution in [0.1, 0.15) is 0 Å². The Morgan fingerprint density at radius 3 is 0.455 bits per heavy atom. The van der Waals surface area contributed by atoms with E-state index in [-0.39, 0.29) is 66.6 Å². The summed E-state index contributed by atoms with van der Waals surface area (Å²) in [7, 11) is 0. The van der Waals surface area contributed by atoms with Crippen LogP contribution in [0.3, 0.4) is 0 Å². The Balaban J connectivity index is -0.00000000409. The monoisotopic (exact) mass is 378 g/mol. The third kappa shape index (κ3) is 1010. The van der Waals surface area contributed by atoms with Crippen LogP contribution in [-0.4, -0.2) is 97.5 Å². The van der Waals surface area contributed by atoms with Crippen LogP contribution in [0.4, 0.5) is 0 Å². The first-order chi connectivity index (χ1) is 5.20. The maximum atomic E-state index is 8.36. The largest absolute Gasteiger partial charge is 3.00 e. The molecule has 0 aromatic rings. The maximum absolute atomic E-state index is 8.36. The van der Waals surface area contributed by atoms with Gasteiger partial charge in [0.2, 0.25) is 0 Å². The molecule has 0 unspecified atom stereocenters. The molecular formula is H21AlN3O18+3. The molecule has 0 aliphatic heterocycles. The van der Waals surface area contributed by atoms with E-state index >= 15 is 0 Å². The molecule has 0 saturated carbocycles. The second-order valence-corrected chi connectivity index (χ2v) is 0.714. The minimum absolute atomic E-state index is 0. The minimum atomic E-state index is -1.50. The van der Waals surface area contributed by atoms with Crippen LogP contribution >= 0.6 is 0 Å². The first kappa shape index (κ1) is 152. The Hall–Kier alpha value is -2.23. The first-order valence-corrected chi connectivity index (χ1v) is 1.70. The second-order valence-electron chi connectivity index (χ2n) is 0.714. The minimum Gasteiger partial charge on any atom is -0.412 e. The van der Waals surface area contributed by atoms with Crippen LogP contribution in [0.5, 0.6) is 0 Å². The molecule has 0 bridgehead atoms. The van der Waals surface area contributed by atoms with Crippen LogP contribution in [0, 0.1) is 30.3 Å². The molecule has 0 radical (unpaired) electrons. The number of hydrogen-bond donors (Lipinski definition) is 3. The average molecular weight is 378 g/mol. The van der Waals surface area contributed by atoms with Gasteiger partial charge in [-0.2, -0.15) is 0 Å². The standard InChI is InChI=1S/Al.3HNO3.9H2O/c;3*2-1(3)4;;;;;;;;;/h;3*(H,2,3,4);9*1H2/q+3;;;;;;;;;;;;. The Morgan fingerprint density at radius 2 is 0.455 bits per heavy atom. The van der Waals surface area contributed by atoms with Crippen molar-refractivity contribution in [3.63, 3.8) is 0 Å². The zero-order chi connectivity index (χ0) is 10.7. The summed E-state index contributed by atoms with van der Waals surface area (Å²) in [6.07, 6.45) is 0. The molecule has 22 heteroatoms. The molecule has 21 nitrogen and oxygen atoms in total. The van der Waals surface area contributed by atoms with Gasteiger partial charge in [0.1, 0.15) is 0 Å². The molecule has 0 rings (SSSR count). The molecule has 22 heavy (non-hydrogen) atoms. The molecule has 0 aliphatic rings. The Bertz CT molecular complexity index is 116. The quantitative estimate of drug-likeness (QED) is 0.204. The summed E-state index contributed by atoms with van der Waals surface area (Å²) in [6.45, 7) is 0. The van der Waals surface area contributed by atoms with Crippen LogP contribution < -0.4 is 0 Å². The van der Waals surface area contributed by atoms with Crippen LogP contribution in [0.15, 0.2) is 0 Å². The van der Waals surface area contributed by atoms with Gasteiger partial charge in [0.05, 0.1) is 0 Å². The molecule has 0 fully saturated rings. The summed E-state index contributed by atoms with van der Waals surface area (Å²) in [4.78, 5) is 25.1. The molecule has 144 valence electrons. The summed E-state index contributed by atoms with van der Waals surface area (Å²) in [5.41, 5.74) is 0. The van der Waals surface area contributed by atoms with Crippen molar-refractivity contribution in [2.75, 3.05) is 0 Å². The van der Waals surface area contributed by atoms with E-state index in [0.717, 1.165) is 0 Å². The first-order valence-electron chi connectivity index (χ1n) is 1.70. The topological polar surface area (TPSA) is 474 Å². The molecule has 0 aliphatic carbocycles. The molecule has 0 atom stereocenters.